The number of carbonyl (C=O) groups excluding carboxylic acids is 3. The number of halogens is 1. The van der Waals surface area contributed by atoms with Gasteiger partial charge < -0.3 is 10.1 Å². The Morgan fingerprint density at radius 1 is 0.966 bits per heavy atom. The summed E-state index contributed by atoms with van der Waals surface area (Å²) in [6.45, 7) is 0.102. The number of nitro benzene ring substituents is 1. The zero-order valence-corrected chi connectivity index (χ0v) is 15.4. The zero-order valence-electron chi connectivity index (χ0n) is 15.4. The van der Waals surface area contributed by atoms with E-state index in [1.165, 1.54) is 48.5 Å². The highest BCUT2D eigenvalue weighted by Crippen LogP contribution is 2.12. The van der Waals surface area contributed by atoms with Gasteiger partial charge in [0.05, 0.1) is 18.0 Å². The van der Waals surface area contributed by atoms with Crippen LogP contribution in [-0.2, 0) is 9.53 Å². The van der Waals surface area contributed by atoms with Gasteiger partial charge >= 0.3 is 5.97 Å². The van der Waals surface area contributed by atoms with Gasteiger partial charge in [0.15, 0.2) is 5.78 Å². The molecule has 29 heavy (non-hydrogen) atoms. The van der Waals surface area contributed by atoms with Gasteiger partial charge in [-0.2, -0.15) is 0 Å². The molecule has 0 radical (unpaired) electrons. The molecule has 9 heteroatoms. The fraction of sp³-hybridized carbons (Fsp3) is 0.250. The van der Waals surface area contributed by atoms with E-state index in [1.807, 2.05) is 0 Å². The quantitative estimate of drug-likeness (QED) is 0.215. The number of amides is 1. The first kappa shape index (κ1) is 21.7. The van der Waals surface area contributed by atoms with E-state index in [0.717, 1.165) is 0 Å². The molecule has 0 saturated carbocycles. The fourth-order valence-electron chi connectivity index (χ4n) is 2.39. The van der Waals surface area contributed by atoms with Gasteiger partial charge in [0.25, 0.3) is 11.6 Å². The lowest BCUT2D eigenvalue weighted by Gasteiger charge is -2.06. The molecule has 0 aliphatic heterocycles. The molecule has 2 rings (SSSR count). The van der Waals surface area contributed by atoms with Crippen molar-refractivity contribution in [3.63, 3.8) is 0 Å². The molecule has 8 nitrogen and oxygen atoms in total. The lowest BCUT2D eigenvalue weighted by Crippen LogP contribution is -2.26. The molecule has 1 amide bonds. The van der Waals surface area contributed by atoms with Crippen molar-refractivity contribution in [2.75, 3.05) is 13.2 Å². The maximum atomic E-state index is 12.8. The van der Waals surface area contributed by atoms with E-state index in [4.69, 9.17) is 4.74 Å². The minimum absolute atomic E-state index is 0.0448. The number of hydrogen-bond donors (Lipinski definition) is 1. The number of nitrogens with one attached hydrogen (secondary N) is 1. The number of esters is 1. The van der Waals surface area contributed by atoms with Crippen molar-refractivity contribution in [1.29, 1.82) is 0 Å². The van der Waals surface area contributed by atoms with Crippen LogP contribution in [0.3, 0.4) is 0 Å². The summed E-state index contributed by atoms with van der Waals surface area (Å²) in [5, 5.41) is 13.1. The molecule has 1 N–H and O–H groups in total. The summed E-state index contributed by atoms with van der Waals surface area (Å²) < 4.78 is 17.8. The van der Waals surface area contributed by atoms with E-state index in [-0.39, 0.29) is 43.0 Å². The first-order valence-corrected chi connectivity index (χ1v) is 8.84. The lowest BCUT2D eigenvalue weighted by atomic mass is 10.1. The minimum atomic E-state index is -0.565. The van der Waals surface area contributed by atoms with Crippen LogP contribution in [-0.4, -0.2) is 35.7 Å². The Balaban J connectivity index is 1.62. The van der Waals surface area contributed by atoms with Gasteiger partial charge in [-0.1, -0.05) is 0 Å². The first-order valence-electron chi connectivity index (χ1n) is 8.84. The van der Waals surface area contributed by atoms with Crippen LogP contribution in [0.1, 0.15) is 40.0 Å². The molecule has 0 aromatic heterocycles. The van der Waals surface area contributed by atoms with Gasteiger partial charge in [-0.05, 0) is 42.8 Å². The molecule has 0 fully saturated rings. The second-order valence-corrected chi connectivity index (χ2v) is 6.06. The summed E-state index contributed by atoms with van der Waals surface area (Å²) in [6.07, 6.45) is 0.442. The lowest BCUT2D eigenvalue weighted by molar-refractivity contribution is -0.384. The standard InChI is InChI=1S/C20H19FN2O6/c21-16-7-3-14(4-8-16)18(24)2-1-13-29-19(25)11-12-22-20(26)15-5-9-17(10-6-15)23(27)28/h3-10H,1-2,11-13H2,(H,22,26). The largest absolute Gasteiger partial charge is 0.466 e. The summed E-state index contributed by atoms with van der Waals surface area (Å²) in [4.78, 5) is 45.5. The molecule has 0 aliphatic carbocycles. The summed E-state index contributed by atoms with van der Waals surface area (Å²) in [7, 11) is 0. The van der Waals surface area contributed by atoms with Gasteiger partial charge in [-0.25, -0.2) is 4.39 Å². The highest BCUT2D eigenvalue weighted by molar-refractivity contribution is 5.96. The van der Waals surface area contributed by atoms with Crippen LogP contribution in [0.2, 0.25) is 0 Å². The van der Waals surface area contributed by atoms with Gasteiger partial charge in [0.1, 0.15) is 5.82 Å². The van der Waals surface area contributed by atoms with Crippen molar-refractivity contribution in [2.45, 2.75) is 19.3 Å². The molecule has 0 unspecified atom stereocenters. The third kappa shape index (κ3) is 7.13. The minimum Gasteiger partial charge on any atom is -0.466 e. The highest BCUT2D eigenvalue weighted by Gasteiger charge is 2.11. The van der Waals surface area contributed by atoms with Crippen molar-refractivity contribution >= 4 is 23.3 Å². The van der Waals surface area contributed by atoms with Crippen LogP contribution in [0.15, 0.2) is 48.5 Å². The average molecular weight is 402 g/mol. The molecule has 0 spiro atoms. The third-order valence-corrected chi connectivity index (χ3v) is 3.93. The van der Waals surface area contributed by atoms with E-state index >= 15 is 0 Å². The van der Waals surface area contributed by atoms with E-state index in [9.17, 15) is 28.9 Å². The number of carbonyl (C=O) groups is 3. The molecular formula is C20H19FN2O6. The monoisotopic (exact) mass is 402 g/mol. The molecule has 2 aromatic rings. The van der Waals surface area contributed by atoms with Gasteiger partial charge in [-0.3, -0.25) is 24.5 Å². The number of ether oxygens (including phenoxy) is 1. The Morgan fingerprint density at radius 3 is 2.21 bits per heavy atom. The van der Waals surface area contributed by atoms with Crippen molar-refractivity contribution in [3.8, 4) is 0 Å². The Labute approximate surface area is 165 Å². The van der Waals surface area contributed by atoms with Crippen molar-refractivity contribution < 1.29 is 28.4 Å². The molecule has 0 saturated heterocycles. The van der Waals surface area contributed by atoms with Crippen LogP contribution in [0.5, 0.6) is 0 Å². The predicted molar refractivity (Wildman–Crippen MR) is 101 cm³/mol. The number of non-ortho nitro benzene ring substituents is 1. The van der Waals surface area contributed by atoms with Crippen molar-refractivity contribution in [1.82, 2.24) is 5.32 Å². The number of nitro groups is 1. The van der Waals surface area contributed by atoms with Crippen LogP contribution < -0.4 is 5.32 Å². The number of nitrogens with zero attached hydrogens (tertiary/aromatic N) is 1. The molecule has 0 bridgehead atoms. The van der Waals surface area contributed by atoms with Gasteiger partial charge in [0, 0.05) is 36.2 Å². The van der Waals surface area contributed by atoms with E-state index in [1.54, 1.807) is 0 Å². The first-order chi connectivity index (χ1) is 13.9. The molecule has 2 aromatic carbocycles. The van der Waals surface area contributed by atoms with Gasteiger partial charge in [-0.15, -0.1) is 0 Å². The summed E-state index contributed by atoms with van der Waals surface area (Å²) in [5.41, 5.74) is 0.512. The van der Waals surface area contributed by atoms with Crippen LogP contribution in [0.4, 0.5) is 10.1 Å². The number of rotatable bonds is 10. The van der Waals surface area contributed by atoms with Crippen LogP contribution in [0, 0.1) is 15.9 Å². The molecule has 0 atom stereocenters. The smallest absolute Gasteiger partial charge is 0.307 e. The number of Topliss-reactive ketones (excluding diaryl/α,β-unsaturated/α-hetero) is 1. The molecule has 0 heterocycles. The molecular weight excluding hydrogens is 383 g/mol. The normalized spacial score (nSPS) is 10.2. The maximum absolute atomic E-state index is 12.8. The van der Waals surface area contributed by atoms with Crippen molar-refractivity contribution in [3.05, 3.63) is 75.6 Å². The van der Waals surface area contributed by atoms with E-state index in [2.05, 4.69) is 5.32 Å². The van der Waals surface area contributed by atoms with Crippen molar-refractivity contribution in [2.24, 2.45) is 0 Å². The summed E-state index contributed by atoms with van der Waals surface area (Å²) in [5.74, 6) is -1.58. The van der Waals surface area contributed by atoms with Crippen LogP contribution in [0.25, 0.3) is 0 Å². The fourth-order valence-corrected chi connectivity index (χ4v) is 2.39. The molecule has 152 valence electrons. The second-order valence-electron chi connectivity index (χ2n) is 6.06. The highest BCUT2D eigenvalue weighted by atomic mass is 19.1. The topological polar surface area (TPSA) is 116 Å². The Bertz CT molecular complexity index is 881. The average Bonchev–Trinajstić information content (AvgIpc) is 2.71. The van der Waals surface area contributed by atoms with Gasteiger partial charge in [0.2, 0.25) is 0 Å². The Kier molecular flexibility index (Phi) is 7.96. The SMILES string of the molecule is O=C(CCNC(=O)c1ccc([N+](=O)[O-])cc1)OCCCC(=O)c1ccc(F)cc1. The van der Waals surface area contributed by atoms with E-state index in [0.29, 0.717) is 12.0 Å². The molecule has 0 aliphatic rings. The Morgan fingerprint density at radius 2 is 1.59 bits per heavy atom. The van der Waals surface area contributed by atoms with Crippen LogP contribution >= 0.6 is 0 Å². The number of ketones is 1. The zero-order chi connectivity index (χ0) is 21.2. The number of benzene rings is 2. The maximum Gasteiger partial charge on any atom is 0.307 e. The van der Waals surface area contributed by atoms with E-state index < -0.39 is 22.6 Å². The predicted octanol–water partition coefficient (Wildman–Crippen LogP) is 3.06. The second kappa shape index (κ2) is 10.6. The Hall–Kier alpha value is -3.62. The number of hydrogen-bond acceptors (Lipinski definition) is 6. The summed E-state index contributed by atoms with van der Waals surface area (Å²) in [6, 6.07) is 10.3. The third-order valence-electron chi connectivity index (χ3n) is 3.93. The summed E-state index contributed by atoms with van der Waals surface area (Å²) >= 11 is 0.